The second-order valence-corrected chi connectivity index (χ2v) is 15.2. The fraction of sp³-hybridized carbons (Fsp3) is 0.550. The van der Waals surface area contributed by atoms with Gasteiger partial charge in [-0.05, 0) is 45.0 Å². The molecule has 1 aliphatic heterocycles. The van der Waals surface area contributed by atoms with Gasteiger partial charge in [0.25, 0.3) is 6.47 Å². The van der Waals surface area contributed by atoms with Gasteiger partial charge in [-0.3, -0.25) is 4.79 Å². The molecule has 0 spiro atoms. The lowest BCUT2D eigenvalue weighted by Gasteiger charge is -2.26. The van der Waals surface area contributed by atoms with Crippen LogP contribution in [0.3, 0.4) is 0 Å². The molecule has 0 aliphatic carbocycles. The number of sulfonamides is 1. The minimum atomic E-state index is -3.37. The molecule has 1 heterocycles. The third-order valence-electron chi connectivity index (χ3n) is 3.55. The summed E-state index contributed by atoms with van der Waals surface area (Å²) < 4.78 is 31.1. The van der Waals surface area contributed by atoms with E-state index >= 15 is 0 Å². The number of carbonyl (C=O) groups excluding carboxylic acids is 1. The van der Waals surface area contributed by atoms with Crippen LogP contribution in [0.15, 0.2) is 29.2 Å². The lowest BCUT2D eigenvalue weighted by molar-refractivity contribution is -0.138. The van der Waals surface area contributed by atoms with E-state index in [-0.39, 0.29) is 5.60 Å². The number of benzene rings is 1. The summed E-state index contributed by atoms with van der Waals surface area (Å²) in [5.41, 5.74) is 3.83. The Morgan fingerprint density at radius 3 is 2.04 bits per heavy atom. The minimum Gasteiger partial charge on any atom is -0.462 e. The Morgan fingerprint density at radius 1 is 1.11 bits per heavy atom. The first kappa shape index (κ1) is 24.4. The summed E-state index contributed by atoms with van der Waals surface area (Å²) >= 11 is 0. The Balaban J connectivity index is 0.000000480. The molecule has 1 aromatic carbocycles. The molecule has 1 fully saturated rings. The van der Waals surface area contributed by atoms with Gasteiger partial charge in [0.05, 0.1) is 4.90 Å². The summed E-state index contributed by atoms with van der Waals surface area (Å²) in [7, 11) is -4.78. The zero-order valence-electron chi connectivity index (χ0n) is 17.7. The van der Waals surface area contributed by atoms with E-state index in [0.29, 0.717) is 37.5 Å². The number of ether oxygens (including phenoxy) is 1. The molecule has 2 rings (SSSR count). The van der Waals surface area contributed by atoms with E-state index in [1.165, 1.54) is 4.31 Å². The zero-order chi connectivity index (χ0) is 21.4. The van der Waals surface area contributed by atoms with E-state index in [2.05, 4.69) is 41.2 Å². The average Bonchev–Trinajstić information content (AvgIpc) is 2.60. The van der Waals surface area contributed by atoms with Crippen molar-refractivity contribution in [3.8, 4) is 11.5 Å². The van der Waals surface area contributed by atoms with Crippen molar-refractivity contribution in [2.45, 2.75) is 50.9 Å². The molecule has 0 amide bonds. The van der Waals surface area contributed by atoms with Crippen LogP contribution in [0, 0.1) is 11.5 Å². The average molecular weight is 425 g/mol. The number of piperazine rings is 1. The summed E-state index contributed by atoms with van der Waals surface area (Å²) in [4.78, 5) is 9.95. The molecule has 8 heteroatoms. The standard InChI is InChI=1S/C15H22N2O2SSi.C5H10O2/c1-21(2,3)13-8-14-4-6-15(7-5-14)20(18,19)17-11-9-16-10-12-17;1-5(2,3)7-4-6/h4-7,16H,9-12H2,1-3H3;4H,1-3H3. The molecule has 0 atom stereocenters. The normalized spacial score (nSPS) is 15.5. The second-order valence-electron chi connectivity index (χ2n) is 8.50. The molecule has 28 heavy (non-hydrogen) atoms. The van der Waals surface area contributed by atoms with Crippen LogP contribution < -0.4 is 5.32 Å². The highest BCUT2D eigenvalue weighted by Crippen LogP contribution is 2.16. The van der Waals surface area contributed by atoms with Crippen LogP contribution in [-0.2, 0) is 19.6 Å². The third-order valence-corrected chi connectivity index (χ3v) is 6.34. The maximum absolute atomic E-state index is 12.5. The lowest BCUT2D eigenvalue weighted by atomic mass is 10.2. The Kier molecular flexibility index (Phi) is 8.89. The zero-order valence-corrected chi connectivity index (χ0v) is 19.5. The second kappa shape index (κ2) is 10.2. The number of nitrogens with one attached hydrogen (secondary N) is 1. The van der Waals surface area contributed by atoms with Crippen molar-refractivity contribution in [3.05, 3.63) is 29.8 Å². The van der Waals surface area contributed by atoms with Crippen LogP contribution in [0.4, 0.5) is 0 Å². The molecule has 0 bridgehead atoms. The first-order valence-electron chi connectivity index (χ1n) is 9.31. The predicted octanol–water partition coefficient (Wildman–Crippen LogP) is 2.47. The molecular weight excluding hydrogens is 392 g/mol. The van der Waals surface area contributed by atoms with Crippen molar-refractivity contribution < 1.29 is 17.9 Å². The highest BCUT2D eigenvalue weighted by atomic mass is 32.2. The Morgan fingerprint density at radius 2 is 1.64 bits per heavy atom. The molecule has 0 saturated carbocycles. The monoisotopic (exact) mass is 424 g/mol. The lowest BCUT2D eigenvalue weighted by Crippen LogP contribution is -2.46. The van der Waals surface area contributed by atoms with Crippen LogP contribution >= 0.6 is 0 Å². The van der Waals surface area contributed by atoms with Gasteiger partial charge < -0.3 is 10.1 Å². The van der Waals surface area contributed by atoms with E-state index in [1.54, 1.807) is 24.3 Å². The van der Waals surface area contributed by atoms with E-state index in [4.69, 9.17) is 0 Å². The van der Waals surface area contributed by atoms with Crippen LogP contribution in [0.1, 0.15) is 26.3 Å². The smallest absolute Gasteiger partial charge is 0.293 e. The maximum Gasteiger partial charge on any atom is 0.293 e. The fourth-order valence-corrected chi connectivity index (χ4v) is 4.11. The molecule has 0 radical (unpaired) electrons. The van der Waals surface area contributed by atoms with Gasteiger partial charge in [-0.1, -0.05) is 25.6 Å². The van der Waals surface area contributed by atoms with E-state index in [0.717, 1.165) is 5.56 Å². The quantitative estimate of drug-likeness (QED) is 0.458. The largest absolute Gasteiger partial charge is 0.462 e. The minimum absolute atomic E-state index is 0.318. The number of hydrogen-bond donors (Lipinski definition) is 1. The number of rotatable bonds is 3. The topological polar surface area (TPSA) is 75.7 Å². The van der Waals surface area contributed by atoms with Crippen molar-refractivity contribution >= 4 is 24.6 Å². The predicted molar refractivity (Wildman–Crippen MR) is 115 cm³/mol. The van der Waals surface area contributed by atoms with Crippen molar-refractivity contribution in [2.24, 2.45) is 0 Å². The van der Waals surface area contributed by atoms with Gasteiger partial charge in [0.1, 0.15) is 13.7 Å². The Bertz CT molecular complexity index is 792. The SMILES string of the molecule is CC(C)(C)OC=O.C[Si](C)(C)C#Cc1ccc(S(=O)(=O)N2CCNCC2)cc1. The van der Waals surface area contributed by atoms with Crippen LogP contribution in [0.2, 0.25) is 19.6 Å². The maximum atomic E-state index is 12.5. The fourth-order valence-electron chi connectivity index (χ4n) is 2.15. The summed E-state index contributed by atoms with van der Waals surface area (Å²) in [5.74, 6) is 3.14. The highest BCUT2D eigenvalue weighted by Gasteiger charge is 2.25. The summed E-state index contributed by atoms with van der Waals surface area (Å²) in [6, 6.07) is 6.90. The molecule has 156 valence electrons. The van der Waals surface area contributed by atoms with E-state index < -0.39 is 18.1 Å². The molecule has 1 N–H and O–H groups in total. The Hall–Kier alpha value is -1.66. The number of carbonyl (C=O) groups is 1. The van der Waals surface area contributed by atoms with Crippen molar-refractivity contribution in [1.82, 2.24) is 9.62 Å². The highest BCUT2D eigenvalue weighted by molar-refractivity contribution is 7.89. The van der Waals surface area contributed by atoms with Crippen molar-refractivity contribution in [1.29, 1.82) is 0 Å². The number of nitrogens with zero attached hydrogens (tertiary/aromatic N) is 1. The summed E-state index contributed by atoms with van der Waals surface area (Å²) in [5, 5.41) is 3.16. The van der Waals surface area contributed by atoms with Gasteiger partial charge in [-0.2, -0.15) is 4.31 Å². The van der Waals surface area contributed by atoms with Gasteiger partial charge in [0.15, 0.2) is 0 Å². The van der Waals surface area contributed by atoms with Crippen LogP contribution in [0.5, 0.6) is 0 Å². The van der Waals surface area contributed by atoms with Gasteiger partial charge >= 0.3 is 0 Å². The molecule has 0 unspecified atom stereocenters. The van der Waals surface area contributed by atoms with Crippen molar-refractivity contribution in [2.75, 3.05) is 26.2 Å². The van der Waals surface area contributed by atoms with Gasteiger partial charge in [0, 0.05) is 31.7 Å². The Labute approximate surface area is 170 Å². The summed E-state index contributed by atoms with van der Waals surface area (Å²) in [6.07, 6.45) is 0. The first-order valence-corrected chi connectivity index (χ1v) is 14.2. The van der Waals surface area contributed by atoms with Gasteiger partial charge in [-0.25, -0.2) is 8.42 Å². The molecule has 1 aliphatic rings. The van der Waals surface area contributed by atoms with Crippen LogP contribution in [-0.4, -0.2) is 59.0 Å². The molecule has 1 saturated heterocycles. The molecular formula is C20H32N2O4SSi. The molecule has 0 aromatic heterocycles. The van der Waals surface area contributed by atoms with Gasteiger partial charge in [0.2, 0.25) is 10.0 Å². The molecule has 1 aromatic rings. The van der Waals surface area contributed by atoms with Crippen molar-refractivity contribution in [3.63, 3.8) is 0 Å². The van der Waals surface area contributed by atoms with E-state index in [1.807, 2.05) is 20.8 Å². The van der Waals surface area contributed by atoms with E-state index in [9.17, 15) is 13.2 Å². The third kappa shape index (κ3) is 9.02. The first-order chi connectivity index (χ1) is 12.8. The molecule has 6 nitrogen and oxygen atoms in total. The summed E-state index contributed by atoms with van der Waals surface area (Å²) in [6.45, 7) is 14.9. The van der Waals surface area contributed by atoms with Gasteiger partial charge in [-0.15, -0.1) is 5.54 Å². The van der Waals surface area contributed by atoms with Crippen LogP contribution in [0.25, 0.3) is 0 Å². The number of hydrogen-bond acceptors (Lipinski definition) is 5.